The third-order valence-electron chi connectivity index (χ3n) is 3.00. The maximum Gasteiger partial charge on any atom is 0.251 e. The highest BCUT2D eigenvalue weighted by molar-refractivity contribution is 5.94. The monoisotopic (exact) mass is 264 g/mol. The van der Waals surface area contributed by atoms with Crippen molar-refractivity contribution in [2.24, 2.45) is 5.92 Å². The van der Waals surface area contributed by atoms with E-state index in [1.807, 2.05) is 50.2 Å². The van der Waals surface area contributed by atoms with Gasteiger partial charge < -0.3 is 15.3 Å². The van der Waals surface area contributed by atoms with Crippen LogP contribution in [0, 0.1) is 5.92 Å². The van der Waals surface area contributed by atoms with Gasteiger partial charge in [0.05, 0.1) is 6.10 Å². The Morgan fingerprint density at radius 1 is 1.26 bits per heavy atom. The molecule has 0 bridgehead atoms. The molecule has 0 aromatic heterocycles. The zero-order valence-corrected chi connectivity index (χ0v) is 12.2. The Morgan fingerprint density at radius 3 is 2.32 bits per heavy atom. The minimum atomic E-state index is -0.328. The van der Waals surface area contributed by atoms with Gasteiger partial charge in [0.25, 0.3) is 5.91 Å². The van der Waals surface area contributed by atoms with Gasteiger partial charge in [-0.3, -0.25) is 4.79 Å². The molecule has 19 heavy (non-hydrogen) atoms. The van der Waals surface area contributed by atoms with E-state index in [0.29, 0.717) is 18.5 Å². The molecule has 2 N–H and O–H groups in total. The number of carbonyl (C=O) groups excluding carboxylic acids is 1. The molecule has 0 aliphatic heterocycles. The van der Waals surface area contributed by atoms with E-state index in [1.165, 1.54) is 0 Å². The Bertz CT molecular complexity index is 399. The minimum Gasteiger partial charge on any atom is -0.393 e. The third-order valence-corrected chi connectivity index (χ3v) is 3.00. The van der Waals surface area contributed by atoms with Gasteiger partial charge in [-0.25, -0.2) is 0 Å². The van der Waals surface area contributed by atoms with Crippen LogP contribution < -0.4 is 10.2 Å². The predicted molar refractivity (Wildman–Crippen MR) is 78.6 cm³/mol. The van der Waals surface area contributed by atoms with E-state index >= 15 is 0 Å². The molecule has 2 atom stereocenters. The Balaban J connectivity index is 2.49. The standard InChI is InChI=1S/C15H24N2O2/c1-11(9-12(2)18)10-16-15(19)13-5-7-14(8-6-13)17(3)4/h5-8,11-12,18H,9-10H2,1-4H3,(H,16,19). The maximum absolute atomic E-state index is 11.9. The van der Waals surface area contributed by atoms with Crippen LogP contribution in [-0.4, -0.2) is 37.8 Å². The van der Waals surface area contributed by atoms with Gasteiger partial charge in [0, 0.05) is 31.9 Å². The highest BCUT2D eigenvalue weighted by Crippen LogP contribution is 2.12. The van der Waals surface area contributed by atoms with Gasteiger partial charge in [-0.05, 0) is 43.5 Å². The first-order chi connectivity index (χ1) is 8.90. The number of hydrogen-bond acceptors (Lipinski definition) is 3. The predicted octanol–water partition coefficient (Wildman–Crippen LogP) is 1.89. The van der Waals surface area contributed by atoms with E-state index in [1.54, 1.807) is 6.92 Å². The number of benzene rings is 1. The first kappa shape index (κ1) is 15.5. The summed E-state index contributed by atoms with van der Waals surface area (Å²) in [5, 5.41) is 12.2. The smallest absolute Gasteiger partial charge is 0.251 e. The van der Waals surface area contributed by atoms with Crippen molar-refractivity contribution in [1.29, 1.82) is 0 Å². The van der Waals surface area contributed by atoms with Gasteiger partial charge in [0.2, 0.25) is 0 Å². The Kier molecular flexibility index (Phi) is 5.83. The zero-order valence-electron chi connectivity index (χ0n) is 12.2. The lowest BCUT2D eigenvalue weighted by molar-refractivity contribution is 0.0939. The molecule has 106 valence electrons. The van der Waals surface area contributed by atoms with Crippen molar-refractivity contribution >= 4 is 11.6 Å². The summed E-state index contributed by atoms with van der Waals surface area (Å²) in [7, 11) is 3.93. The number of nitrogens with zero attached hydrogens (tertiary/aromatic N) is 1. The van der Waals surface area contributed by atoms with Gasteiger partial charge in [0.15, 0.2) is 0 Å². The van der Waals surface area contributed by atoms with Crippen molar-refractivity contribution in [1.82, 2.24) is 5.32 Å². The SMILES string of the molecule is CC(O)CC(C)CNC(=O)c1ccc(N(C)C)cc1. The Labute approximate surface area is 115 Å². The normalized spacial score (nSPS) is 13.7. The molecule has 0 radical (unpaired) electrons. The lowest BCUT2D eigenvalue weighted by Gasteiger charge is -2.15. The van der Waals surface area contributed by atoms with Gasteiger partial charge in [-0.15, -0.1) is 0 Å². The highest BCUT2D eigenvalue weighted by atomic mass is 16.3. The number of nitrogens with one attached hydrogen (secondary N) is 1. The molecule has 1 aromatic carbocycles. The maximum atomic E-state index is 11.9. The lowest BCUT2D eigenvalue weighted by Crippen LogP contribution is -2.29. The van der Waals surface area contributed by atoms with Gasteiger partial charge in [0.1, 0.15) is 0 Å². The Morgan fingerprint density at radius 2 is 1.84 bits per heavy atom. The average molecular weight is 264 g/mol. The number of aliphatic hydroxyl groups is 1. The highest BCUT2D eigenvalue weighted by Gasteiger charge is 2.10. The number of hydrogen-bond donors (Lipinski definition) is 2. The van der Waals surface area contributed by atoms with Crippen LogP contribution in [0.1, 0.15) is 30.6 Å². The van der Waals surface area contributed by atoms with Crippen LogP contribution in [0.2, 0.25) is 0 Å². The molecule has 0 saturated carbocycles. The molecule has 0 spiro atoms. The van der Waals surface area contributed by atoms with Crippen molar-refractivity contribution in [2.75, 3.05) is 25.5 Å². The molecule has 1 rings (SSSR count). The van der Waals surface area contributed by atoms with E-state index in [2.05, 4.69) is 5.32 Å². The summed E-state index contributed by atoms with van der Waals surface area (Å²) in [6.07, 6.45) is 0.367. The van der Waals surface area contributed by atoms with Crippen molar-refractivity contribution in [2.45, 2.75) is 26.4 Å². The summed E-state index contributed by atoms with van der Waals surface area (Å²) >= 11 is 0. The summed E-state index contributed by atoms with van der Waals surface area (Å²) in [6.45, 7) is 4.36. The first-order valence-corrected chi connectivity index (χ1v) is 6.63. The molecule has 1 aromatic rings. The lowest BCUT2D eigenvalue weighted by atomic mass is 10.0. The topological polar surface area (TPSA) is 52.6 Å². The molecule has 2 unspecified atom stereocenters. The van der Waals surface area contributed by atoms with Crippen LogP contribution in [0.15, 0.2) is 24.3 Å². The second kappa shape index (κ2) is 7.14. The zero-order chi connectivity index (χ0) is 14.4. The van der Waals surface area contributed by atoms with E-state index < -0.39 is 0 Å². The summed E-state index contributed by atoms with van der Waals surface area (Å²) < 4.78 is 0. The van der Waals surface area contributed by atoms with Crippen LogP contribution in [0.5, 0.6) is 0 Å². The summed E-state index contributed by atoms with van der Waals surface area (Å²) in [4.78, 5) is 13.9. The fourth-order valence-corrected chi connectivity index (χ4v) is 1.95. The first-order valence-electron chi connectivity index (χ1n) is 6.63. The van der Waals surface area contributed by atoms with Crippen LogP contribution in [0.3, 0.4) is 0 Å². The third kappa shape index (κ3) is 5.30. The summed E-state index contributed by atoms with van der Waals surface area (Å²) in [5.74, 6) is 0.202. The van der Waals surface area contributed by atoms with Crippen LogP contribution in [0.4, 0.5) is 5.69 Å². The van der Waals surface area contributed by atoms with Gasteiger partial charge in [-0.1, -0.05) is 6.92 Å². The van der Waals surface area contributed by atoms with Crippen molar-refractivity contribution in [3.8, 4) is 0 Å². The number of anilines is 1. The summed E-state index contributed by atoms with van der Waals surface area (Å²) in [5.41, 5.74) is 1.73. The largest absolute Gasteiger partial charge is 0.393 e. The molecule has 0 aliphatic rings. The van der Waals surface area contributed by atoms with Crippen LogP contribution in [-0.2, 0) is 0 Å². The summed E-state index contributed by atoms with van der Waals surface area (Å²) in [6, 6.07) is 7.50. The second-order valence-electron chi connectivity index (χ2n) is 5.34. The minimum absolute atomic E-state index is 0.0669. The van der Waals surface area contributed by atoms with Gasteiger partial charge >= 0.3 is 0 Å². The molecular formula is C15H24N2O2. The molecule has 4 heteroatoms. The fourth-order valence-electron chi connectivity index (χ4n) is 1.95. The van der Waals surface area contributed by atoms with Gasteiger partial charge in [-0.2, -0.15) is 0 Å². The molecular weight excluding hydrogens is 240 g/mol. The molecule has 4 nitrogen and oxygen atoms in total. The second-order valence-corrected chi connectivity index (χ2v) is 5.34. The van der Waals surface area contributed by atoms with E-state index in [-0.39, 0.29) is 17.9 Å². The average Bonchev–Trinajstić information content (AvgIpc) is 2.35. The van der Waals surface area contributed by atoms with Crippen LogP contribution >= 0.6 is 0 Å². The fraction of sp³-hybridized carbons (Fsp3) is 0.533. The molecule has 1 amide bonds. The van der Waals surface area contributed by atoms with E-state index in [9.17, 15) is 9.90 Å². The molecule has 0 saturated heterocycles. The molecule has 0 heterocycles. The number of carbonyl (C=O) groups is 1. The van der Waals surface area contributed by atoms with Crippen LogP contribution in [0.25, 0.3) is 0 Å². The number of rotatable bonds is 6. The number of aliphatic hydroxyl groups excluding tert-OH is 1. The molecule has 0 aliphatic carbocycles. The quantitative estimate of drug-likeness (QED) is 0.825. The van der Waals surface area contributed by atoms with E-state index in [4.69, 9.17) is 0 Å². The Hall–Kier alpha value is -1.55. The molecule has 0 fully saturated rings. The number of amides is 1. The van der Waals surface area contributed by atoms with Crippen molar-refractivity contribution < 1.29 is 9.90 Å². The van der Waals surface area contributed by atoms with Crippen molar-refractivity contribution in [3.63, 3.8) is 0 Å². The van der Waals surface area contributed by atoms with Crippen molar-refractivity contribution in [3.05, 3.63) is 29.8 Å². The van der Waals surface area contributed by atoms with E-state index in [0.717, 1.165) is 5.69 Å².